The molecule has 0 radical (unpaired) electrons. The first kappa shape index (κ1) is 34.3. The van der Waals surface area contributed by atoms with E-state index in [1.807, 2.05) is 0 Å². The highest BCUT2D eigenvalue weighted by atomic mass is 15.2. The van der Waals surface area contributed by atoms with Crippen LogP contribution in [0, 0.1) is 26.7 Å². The number of benzene rings is 4. The first-order valence-electron chi connectivity index (χ1n) is 17.5. The van der Waals surface area contributed by atoms with Crippen LogP contribution in [0.1, 0.15) is 103 Å². The predicted molar refractivity (Wildman–Crippen MR) is 206 cm³/mol. The lowest BCUT2D eigenvalue weighted by Crippen LogP contribution is -2.23. The average molecular weight is 625 g/mol. The fraction of sp³-hybridized carbons (Fsp3) is 0.378. The maximum Gasteiger partial charge on any atom is 0.0520 e. The summed E-state index contributed by atoms with van der Waals surface area (Å²) in [6.45, 7) is 27.2. The second-order valence-corrected chi connectivity index (χ2v) is 15.9. The van der Waals surface area contributed by atoms with Crippen LogP contribution >= 0.6 is 0 Å². The fourth-order valence-electron chi connectivity index (χ4n) is 7.26. The molecule has 246 valence electrons. The topological polar surface area (TPSA) is 6.48 Å². The molecular formula is C45H56N2. The van der Waals surface area contributed by atoms with Crippen LogP contribution in [0.2, 0.25) is 0 Å². The van der Waals surface area contributed by atoms with Gasteiger partial charge in [0.1, 0.15) is 0 Å². The zero-order chi connectivity index (χ0) is 34.3. The molecule has 5 rings (SSSR count). The highest BCUT2D eigenvalue weighted by Crippen LogP contribution is 2.43. The molecule has 4 aromatic rings. The van der Waals surface area contributed by atoms with Crippen molar-refractivity contribution in [1.82, 2.24) is 0 Å². The van der Waals surface area contributed by atoms with Crippen LogP contribution in [0.25, 0.3) is 0 Å². The first-order valence-corrected chi connectivity index (χ1v) is 17.5. The van der Waals surface area contributed by atoms with E-state index in [2.05, 4.69) is 184 Å². The number of nitrogens with zero attached hydrogens (tertiary/aromatic N) is 2. The van der Waals surface area contributed by atoms with Gasteiger partial charge in [0.05, 0.1) is 5.69 Å². The number of hydrogen-bond donors (Lipinski definition) is 0. The Morgan fingerprint density at radius 3 is 1.32 bits per heavy atom. The molecule has 0 aromatic heterocycles. The van der Waals surface area contributed by atoms with E-state index in [1.165, 1.54) is 73.8 Å². The molecule has 1 unspecified atom stereocenters. The Labute approximate surface area is 285 Å². The molecule has 0 bridgehead atoms. The molecule has 4 aromatic carbocycles. The molecule has 0 N–H and O–H groups in total. The second-order valence-electron chi connectivity index (χ2n) is 15.9. The Morgan fingerprint density at radius 1 is 0.574 bits per heavy atom. The predicted octanol–water partition coefficient (Wildman–Crippen LogP) is 13.5. The summed E-state index contributed by atoms with van der Waals surface area (Å²) >= 11 is 0. The summed E-state index contributed by atoms with van der Waals surface area (Å²) in [4.78, 5) is 4.92. The van der Waals surface area contributed by atoms with Gasteiger partial charge in [-0.3, -0.25) is 0 Å². The highest BCUT2D eigenvalue weighted by molar-refractivity contribution is 5.82. The summed E-state index contributed by atoms with van der Waals surface area (Å²) in [6, 6.07) is 32.2. The van der Waals surface area contributed by atoms with E-state index in [1.54, 1.807) is 0 Å². The van der Waals surface area contributed by atoms with Crippen molar-refractivity contribution in [2.24, 2.45) is 5.92 Å². The van der Waals surface area contributed by atoms with Crippen molar-refractivity contribution < 1.29 is 0 Å². The molecule has 1 atom stereocenters. The molecule has 0 saturated heterocycles. The van der Waals surface area contributed by atoms with Gasteiger partial charge in [-0.2, -0.15) is 0 Å². The van der Waals surface area contributed by atoms with Gasteiger partial charge in [0, 0.05) is 28.4 Å². The quantitative estimate of drug-likeness (QED) is 0.202. The monoisotopic (exact) mass is 624 g/mol. The maximum atomic E-state index is 2.49. The van der Waals surface area contributed by atoms with Crippen LogP contribution in [-0.4, -0.2) is 0 Å². The second kappa shape index (κ2) is 13.2. The lowest BCUT2D eigenvalue weighted by Gasteiger charge is -2.35. The standard InChI is InChI=1S/C45H56N2/c1-13-35-28-33(5)43(34(6)29-35)47(39-20-16-37(17-21-39)45(10,11)12)41-24-22-40(23-25-41)46(42-31(3)26-30(2)27-32(42)4)38-18-14-36(15-19-38)44(7,8)9/h14-28,35H,13,29H2,1-12H3. The number of anilines is 5. The summed E-state index contributed by atoms with van der Waals surface area (Å²) in [5.41, 5.74) is 16.8. The molecule has 1 aliphatic carbocycles. The number of hydrogen-bond acceptors (Lipinski definition) is 2. The first-order chi connectivity index (χ1) is 22.1. The molecule has 0 fully saturated rings. The van der Waals surface area contributed by atoms with E-state index in [-0.39, 0.29) is 10.8 Å². The smallest absolute Gasteiger partial charge is 0.0520 e. The molecule has 0 heterocycles. The third kappa shape index (κ3) is 7.28. The molecule has 2 heteroatoms. The molecule has 0 saturated carbocycles. The average Bonchev–Trinajstić information content (AvgIpc) is 3.00. The SMILES string of the molecule is CCC1C=C(C)C(N(c2ccc(N(c3ccc(C(C)(C)C)cc3)c3c(C)cc(C)cc3C)cc2)c2ccc(C(C)(C)C)cc2)=C(C)C1. The number of rotatable bonds is 7. The fourth-order valence-corrected chi connectivity index (χ4v) is 7.26. The Hall–Kier alpha value is -4.04. The van der Waals surface area contributed by atoms with Crippen molar-refractivity contribution in [2.75, 3.05) is 9.80 Å². The Morgan fingerprint density at radius 2 is 0.957 bits per heavy atom. The van der Waals surface area contributed by atoms with Crippen LogP contribution in [0.3, 0.4) is 0 Å². The van der Waals surface area contributed by atoms with Crippen molar-refractivity contribution in [2.45, 2.75) is 107 Å². The van der Waals surface area contributed by atoms with Gasteiger partial charge in [-0.25, -0.2) is 0 Å². The van der Waals surface area contributed by atoms with E-state index in [4.69, 9.17) is 0 Å². The van der Waals surface area contributed by atoms with Crippen molar-refractivity contribution >= 4 is 28.4 Å². The van der Waals surface area contributed by atoms with Crippen LogP contribution < -0.4 is 9.80 Å². The third-order valence-electron chi connectivity index (χ3n) is 9.79. The summed E-state index contributed by atoms with van der Waals surface area (Å²) in [6.07, 6.45) is 4.75. The van der Waals surface area contributed by atoms with Crippen LogP contribution in [0.15, 0.2) is 108 Å². The van der Waals surface area contributed by atoms with E-state index in [9.17, 15) is 0 Å². The maximum absolute atomic E-state index is 2.49. The zero-order valence-corrected chi connectivity index (χ0v) is 31.0. The normalized spacial score (nSPS) is 15.5. The van der Waals surface area contributed by atoms with E-state index in [0.717, 1.165) is 12.1 Å². The van der Waals surface area contributed by atoms with Gasteiger partial charge in [0.2, 0.25) is 0 Å². The van der Waals surface area contributed by atoms with Crippen LogP contribution in [0.4, 0.5) is 28.4 Å². The van der Waals surface area contributed by atoms with Gasteiger partial charge in [0.15, 0.2) is 0 Å². The molecular weight excluding hydrogens is 569 g/mol. The van der Waals surface area contributed by atoms with E-state index < -0.39 is 0 Å². The van der Waals surface area contributed by atoms with Crippen molar-refractivity contribution in [3.8, 4) is 0 Å². The molecule has 47 heavy (non-hydrogen) atoms. The minimum absolute atomic E-state index is 0.102. The minimum atomic E-state index is 0.102. The van der Waals surface area contributed by atoms with Gasteiger partial charge in [-0.15, -0.1) is 0 Å². The highest BCUT2D eigenvalue weighted by Gasteiger charge is 2.25. The van der Waals surface area contributed by atoms with Gasteiger partial charge in [0.25, 0.3) is 0 Å². The largest absolute Gasteiger partial charge is 0.310 e. The summed E-state index contributed by atoms with van der Waals surface area (Å²) in [5.74, 6) is 0.602. The van der Waals surface area contributed by atoms with Crippen LogP contribution in [-0.2, 0) is 10.8 Å². The zero-order valence-electron chi connectivity index (χ0n) is 31.0. The van der Waals surface area contributed by atoms with Gasteiger partial charge >= 0.3 is 0 Å². The van der Waals surface area contributed by atoms with E-state index >= 15 is 0 Å². The molecule has 0 aliphatic heterocycles. The lowest BCUT2D eigenvalue weighted by molar-refractivity contribution is 0.590. The van der Waals surface area contributed by atoms with E-state index in [0.29, 0.717) is 5.92 Å². The lowest BCUT2D eigenvalue weighted by atomic mass is 9.86. The molecule has 1 aliphatic rings. The molecule has 0 spiro atoms. The van der Waals surface area contributed by atoms with Crippen LogP contribution in [0.5, 0.6) is 0 Å². The van der Waals surface area contributed by atoms with Gasteiger partial charge in [-0.05, 0) is 146 Å². The van der Waals surface area contributed by atoms with Crippen molar-refractivity contribution in [3.63, 3.8) is 0 Å². The molecule has 2 nitrogen and oxygen atoms in total. The number of allylic oxidation sites excluding steroid dienone is 3. The Bertz CT molecular complexity index is 1750. The van der Waals surface area contributed by atoms with Crippen molar-refractivity contribution in [3.05, 3.63) is 136 Å². The summed E-state index contributed by atoms with van der Waals surface area (Å²) in [5, 5.41) is 0. The van der Waals surface area contributed by atoms with Gasteiger partial charge < -0.3 is 9.80 Å². The summed E-state index contributed by atoms with van der Waals surface area (Å²) < 4.78 is 0. The molecule has 0 amide bonds. The third-order valence-corrected chi connectivity index (χ3v) is 9.79. The Kier molecular flexibility index (Phi) is 9.65. The minimum Gasteiger partial charge on any atom is -0.310 e. The Balaban J connectivity index is 1.64. The number of aryl methyl sites for hydroxylation is 3. The van der Waals surface area contributed by atoms with Crippen molar-refractivity contribution in [1.29, 1.82) is 0 Å². The summed E-state index contributed by atoms with van der Waals surface area (Å²) in [7, 11) is 0. The van der Waals surface area contributed by atoms with Gasteiger partial charge in [-0.1, -0.05) is 96.5 Å².